The van der Waals surface area contributed by atoms with Crippen LogP contribution in [-0.4, -0.2) is 35.1 Å². The molecule has 1 aromatic carbocycles. The van der Waals surface area contributed by atoms with Gasteiger partial charge in [0.2, 0.25) is 12.5 Å². The number of nitrogen functional groups attached to an aromatic ring is 1. The molecular weight excluding hydrogens is 394 g/mol. The van der Waals surface area contributed by atoms with Gasteiger partial charge in [-0.2, -0.15) is 16.7 Å². The zero-order valence-electron chi connectivity index (χ0n) is 18.5. The highest BCUT2D eigenvalue weighted by atomic mass is 32.2. The average molecular weight is 428 g/mol. The van der Waals surface area contributed by atoms with E-state index in [1.807, 2.05) is 36.9 Å². The quantitative estimate of drug-likeness (QED) is 0.458. The monoisotopic (exact) mass is 427 g/mol. The van der Waals surface area contributed by atoms with Crippen molar-refractivity contribution >= 4 is 23.5 Å². The number of nitrogens with two attached hydrogens (primary N) is 1. The van der Waals surface area contributed by atoms with Gasteiger partial charge in [0.1, 0.15) is 11.6 Å². The highest BCUT2D eigenvalue weighted by molar-refractivity contribution is 7.98. The van der Waals surface area contributed by atoms with Gasteiger partial charge in [-0.15, -0.1) is 0 Å². The van der Waals surface area contributed by atoms with Crippen LogP contribution in [0.5, 0.6) is 5.75 Å². The lowest BCUT2D eigenvalue weighted by Gasteiger charge is -2.22. The molecule has 0 saturated heterocycles. The number of benzene rings is 1. The second-order valence-electron chi connectivity index (χ2n) is 7.40. The smallest absolute Gasteiger partial charge is 0.239 e. The van der Waals surface area contributed by atoms with Crippen molar-refractivity contribution in [2.45, 2.75) is 58.5 Å². The van der Waals surface area contributed by atoms with Crippen LogP contribution in [0.3, 0.4) is 0 Å². The Morgan fingerprint density at radius 3 is 2.77 bits per heavy atom. The first kappa shape index (κ1) is 23.8. The van der Waals surface area contributed by atoms with E-state index in [-0.39, 0.29) is 5.95 Å². The van der Waals surface area contributed by atoms with Gasteiger partial charge in [0.05, 0.1) is 7.11 Å². The second kappa shape index (κ2) is 12.3. The molecule has 3 N–H and O–H groups in total. The fourth-order valence-corrected chi connectivity index (χ4v) is 4.01. The zero-order chi connectivity index (χ0) is 21.9. The van der Waals surface area contributed by atoms with Crippen LogP contribution in [0.1, 0.15) is 55.0 Å². The highest BCUT2D eigenvalue weighted by Crippen LogP contribution is 2.29. The lowest BCUT2D eigenvalue weighted by atomic mass is 10.00. The van der Waals surface area contributed by atoms with Crippen LogP contribution in [0.4, 0.5) is 11.8 Å². The molecule has 0 radical (unpaired) electrons. The number of nitrogens with zero attached hydrogens (tertiary/aromatic N) is 3. The minimum atomic E-state index is 0.284. The molecule has 1 atom stereocenters. The predicted octanol–water partition coefficient (Wildman–Crippen LogP) is 5.11. The van der Waals surface area contributed by atoms with Gasteiger partial charge >= 0.3 is 0 Å². The summed E-state index contributed by atoms with van der Waals surface area (Å²) in [4.78, 5) is 12.5. The lowest BCUT2D eigenvalue weighted by Crippen LogP contribution is -2.23. The Bertz CT molecular complexity index is 857. The largest absolute Gasteiger partial charge is 0.496 e. The lowest BCUT2D eigenvalue weighted by molar-refractivity contribution is 0.410. The molecule has 2 aromatic rings. The summed E-state index contributed by atoms with van der Waals surface area (Å²) in [6.07, 6.45) is 7.27. The Balaban J connectivity index is 2.38. The van der Waals surface area contributed by atoms with Crippen molar-refractivity contribution in [2.75, 3.05) is 30.2 Å². The summed E-state index contributed by atoms with van der Waals surface area (Å²) in [5.41, 5.74) is 9.87. The summed E-state index contributed by atoms with van der Waals surface area (Å²) in [5.74, 6) is 2.99. The number of aromatic nitrogens is 2. The van der Waals surface area contributed by atoms with E-state index in [9.17, 15) is 0 Å². The van der Waals surface area contributed by atoms with Crippen LogP contribution in [0.15, 0.2) is 18.2 Å². The Morgan fingerprint density at radius 2 is 2.10 bits per heavy atom. The fourth-order valence-electron chi connectivity index (χ4n) is 3.49. The minimum absolute atomic E-state index is 0.284. The third-order valence-electron chi connectivity index (χ3n) is 5.12. The molecule has 0 aliphatic rings. The maximum atomic E-state index is 7.16. The SMILES string of the molecule is [C-]#[N+]Cc1ccc(OC)c(Cc2c(C)nc(N)nc2N[C@@H](CCCC)CCSC)c1. The van der Waals surface area contributed by atoms with Gasteiger partial charge < -0.3 is 20.6 Å². The number of aryl methyl sites for hydroxylation is 1. The molecule has 7 heteroatoms. The second-order valence-corrected chi connectivity index (χ2v) is 8.38. The van der Waals surface area contributed by atoms with Crippen LogP contribution < -0.4 is 15.8 Å². The van der Waals surface area contributed by atoms with E-state index in [0.717, 1.165) is 52.5 Å². The molecule has 1 heterocycles. The van der Waals surface area contributed by atoms with E-state index in [1.165, 1.54) is 12.8 Å². The first-order valence-electron chi connectivity index (χ1n) is 10.4. The van der Waals surface area contributed by atoms with Crippen LogP contribution in [0.2, 0.25) is 0 Å². The van der Waals surface area contributed by atoms with Gasteiger partial charge in [-0.3, -0.25) is 0 Å². The Kier molecular flexibility index (Phi) is 9.75. The van der Waals surface area contributed by atoms with Gasteiger partial charge in [-0.25, -0.2) is 11.6 Å². The Morgan fingerprint density at radius 1 is 1.30 bits per heavy atom. The molecule has 0 spiro atoms. The van der Waals surface area contributed by atoms with Crippen LogP contribution in [-0.2, 0) is 13.0 Å². The number of unbranched alkanes of at least 4 members (excludes halogenated alkanes) is 1. The molecule has 162 valence electrons. The van der Waals surface area contributed by atoms with Gasteiger partial charge in [-0.1, -0.05) is 19.8 Å². The molecule has 0 fully saturated rings. The van der Waals surface area contributed by atoms with E-state index in [2.05, 4.69) is 33.3 Å². The molecule has 0 aliphatic heterocycles. The fraction of sp³-hybridized carbons (Fsp3) is 0.522. The minimum Gasteiger partial charge on any atom is -0.496 e. The Labute approximate surface area is 184 Å². The molecule has 0 unspecified atom stereocenters. The molecular formula is C23H33N5OS. The third-order valence-corrected chi connectivity index (χ3v) is 5.77. The van der Waals surface area contributed by atoms with Crippen molar-refractivity contribution in [3.8, 4) is 5.75 Å². The Hall–Kier alpha value is -2.46. The molecule has 2 rings (SSSR count). The number of nitrogens with one attached hydrogen (secondary N) is 1. The van der Waals surface area contributed by atoms with Crippen molar-refractivity contribution in [1.29, 1.82) is 0 Å². The van der Waals surface area contributed by atoms with Gasteiger partial charge in [0, 0.05) is 29.3 Å². The number of rotatable bonds is 12. The summed E-state index contributed by atoms with van der Waals surface area (Å²) in [6.45, 7) is 11.7. The van der Waals surface area contributed by atoms with Crippen molar-refractivity contribution in [2.24, 2.45) is 0 Å². The molecule has 30 heavy (non-hydrogen) atoms. The van der Waals surface area contributed by atoms with E-state index >= 15 is 0 Å². The maximum Gasteiger partial charge on any atom is 0.239 e. The third kappa shape index (κ3) is 6.81. The van der Waals surface area contributed by atoms with E-state index in [0.29, 0.717) is 19.0 Å². The van der Waals surface area contributed by atoms with E-state index in [1.54, 1.807) is 7.11 Å². The number of hydrogen-bond acceptors (Lipinski definition) is 6. The standard InChI is InChI=1S/C23H33N5OS/c1-6-7-8-19(11-12-30-5)27-22-20(16(2)26-23(24)28-22)14-18-13-17(15-25-3)9-10-21(18)29-4/h9-10,13,19H,6-8,11-12,14-15H2,1-2,4-5H3,(H3,24,26,27,28)/t19-/m0/s1. The number of hydrogen-bond donors (Lipinski definition) is 2. The molecule has 0 amide bonds. The summed E-state index contributed by atoms with van der Waals surface area (Å²) >= 11 is 1.86. The normalized spacial score (nSPS) is 11.7. The van der Waals surface area contributed by atoms with Crippen LogP contribution >= 0.6 is 11.8 Å². The number of ether oxygens (including phenoxy) is 1. The first-order valence-corrected chi connectivity index (χ1v) is 11.8. The molecule has 1 aromatic heterocycles. The van der Waals surface area contributed by atoms with E-state index in [4.69, 9.17) is 17.0 Å². The number of anilines is 2. The summed E-state index contributed by atoms with van der Waals surface area (Å²) in [6, 6.07) is 6.26. The van der Waals surface area contributed by atoms with Crippen molar-refractivity contribution < 1.29 is 4.74 Å². The highest BCUT2D eigenvalue weighted by Gasteiger charge is 2.18. The molecule has 6 nitrogen and oxygen atoms in total. The predicted molar refractivity (Wildman–Crippen MR) is 127 cm³/mol. The van der Waals surface area contributed by atoms with Crippen molar-refractivity contribution in [3.05, 3.63) is 52.0 Å². The molecule has 0 aliphatic carbocycles. The van der Waals surface area contributed by atoms with Crippen LogP contribution in [0, 0.1) is 13.5 Å². The summed E-state index contributed by atoms with van der Waals surface area (Å²) in [7, 11) is 1.67. The number of methoxy groups -OCH3 is 1. The van der Waals surface area contributed by atoms with Gasteiger partial charge in [0.25, 0.3) is 0 Å². The maximum absolute atomic E-state index is 7.16. The van der Waals surface area contributed by atoms with Gasteiger partial charge in [0.15, 0.2) is 0 Å². The molecule has 0 bridgehead atoms. The topological polar surface area (TPSA) is 77.4 Å². The summed E-state index contributed by atoms with van der Waals surface area (Å²) in [5, 5.41) is 3.66. The number of thioether (sulfide) groups is 1. The first-order chi connectivity index (χ1) is 14.5. The van der Waals surface area contributed by atoms with Crippen molar-refractivity contribution in [1.82, 2.24) is 9.97 Å². The van der Waals surface area contributed by atoms with E-state index < -0.39 is 0 Å². The van der Waals surface area contributed by atoms with Gasteiger partial charge in [-0.05, 0) is 55.5 Å². The van der Waals surface area contributed by atoms with Crippen molar-refractivity contribution in [3.63, 3.8) is 0 Å². The summed E-state index contributed by atoms with van der Waals surface area (Å²) < 4.78 is 5.58. The zero-order valence-corrected chi connectivity index (χ0v) is 19.3. The molecule has 0 saturated carbocycles. The average Bonchev–Trinajstić information content (AvgIpc) is 2.72. The van der Waals surface area contributed by atoms with Crippen LogP contribution in [0.25, 0.3) is 4.85 Å².